The zero-order chi connectivity index (χ0) is 23.7. The number of carbonyl (C=O) groups is 1. The largest absolute Gasteiger partial charge is 0.481 e. The van der Waals surface area contributed by atoms with Crippen LogP contribution < -0.4 is 0 Å². The van der Waals surface area contributed by atoms with Crippen molar-refractivity contribution in [3.8, 4) is 5.69 Å². The van der Waals surface area contributed by atoms with Crippen LogP contribution in [0.1, 0.15) is 72.7 Å². The second-order valence-electron chi connectivity index (χ2n) is 11.1. The molecule has 3 aromatic rings. The molecule has 1 aromatic heterocycles. The standard InChI is InChI=1S/C29H29FN2O3/c30-22-1-3-23(4-2-22)32-25-10-19-16-31-15-18(19)9-24(25)26(27(32)17-5-7-35-8-6-17)20-11-29(12-20)13-21(14-29)28(33)34/h1-4,9-10,16-17,20-21H,5-8,11-15H2,(H,33,34). The average Bonchev–Trinajstić information content (AvgIpc) is 3.39. The molecule has 6 heteroatoms. The normalized spacial score (nSPS) is 27.7. The third-order valence-corrected chi connectivity index (χ3v) is 8.97. The van der Waals surface area contributed by atoms with Crippen molar-refractivity contribution in [2.75, 3.05) is 13.2 Å². The zero-order valence-electron chi connectivity index (χ0n) is 19.7. The van der Waals surface area contributed by atoms with Crippen LogP contribution in [-0.4, -0.2) is 35.1 Å². The predicted octanol–water partition coefficient (Wildman–Crippen LogP) is 5.95. The maximum Gasteiger partial charge on any atom is 0.306 e. The van der Waals surface area contributed by atoms with Crippen LogP contribution in [0.5, 0.6) is 0 Å². The number of fused-ring (bicyclic) bond motifs is 2. The summed E-state index contributed by atoms with van der Waals surface area (Å²) in [6.45, 7) is 2.23. The fourth-order valence-electron chi connectivity index (χ4n) is 7.29. The van der Waals surface area contributed by atoms with Gasteiger partial charge < -0.3 is 14.4 Å². The Labute approximate surface area is 203 Å². The zero-order valence-corrected chi connectivity index (χ0v) is 19.7. The number of aliphatic carboxylic acids is 1. The number of carboxylic acid groups (broad SMARTS) is 1. The minimum atomic E-state index is -0.648. The summed E-state index contributed by atoms with van der Waals surface area (Å²) in [5.74, 6) is -0.251. The lowest BCUT2D eigenvalue weighted by atomic mass is 9.47. The second kappa shape index (κ2) is 7.76. The van der Waals surface area contributed by atoms with Crippen LogP contribution in [0.15, 0.2) is 41.4 Å². The van der Waals surface area contributed by atoms with Crippen molar-refractivity contribution in [1.82, 2.24) is 4.57 Å². The van der Waals surface area contributed by atoms with E-state index in [0.717, 1.165) is 68.5 Å². The summed E-state index contributed by atoms with van der Waals surface area (Å²) in [4.78, 5) is 15.9. The third-order valence-electron chi connectivity index (χ3n) is 8.97. The lowest BCUT2D eigenvalue weighted by molar-refractivity contribution is -0.155. The van der Waals surface area contributed by atoms with E-state index >= 15 is 0 Å². The Balaban J connectivity index is 1.40. The molecule has 0 bridgehead atoms. The Morgan fingerprint density at radius 1 is 1.06 bits per heavy atom. The quantitative estimate of drug-likeness (QED) is 0.510. The van der Waals surface area contributed by atoms with Crippen molar-refractivity contribution >= 4 is 23.1 Å². The molecule has 35 heavy (non-hydrogen) atoms. The molecule has 180 valence electrons. The third kappa shape index (κ3) is 3.29. The fourth-order valence-corrected chi connectivity index (χ4v) is 7.29. The van der Waals surface area contributed by atoms with Crippen LogP contribution in [0.3, 0.4) is 0 Å². The molecule has 0 radical (unpaired) electrons. The molecular weight excluding hydrogens is 443 g/mol. The van der Waals surface area contributed by atoms with Gasteiger partial charge in [-0.3, -0.25) is 9.79 Å². The van der Waals surface area contributed by atoms with Gasteiger partial charge in [0.15, 0.2) is 0 Å². The van der Waals surface area contributed by atoms with Crippen LogP contribution in [0.2, 0.25) is 0 Å². The SMILES string of the molecule is O=C(O)C1CC2(C1)CC(c1c(C3CCOCC3)n(-c3ccc(F)cc3)c3cc4c(cc13)CN=C4)C2. The van der Waals surface area contributed by atoms with Crippen LogP contribution in [-0.2, 0) is 16.1 Å². The van der Waals surface area contributed by atoms with E-state index in [4.69, 9.17) is 4.74 Å². The molecule has 2 aliphatic heterocycles. The van der Waals surface area contributed by atoms with Crippen molar-refractivity contribution in [2.45, 2.75) is 56.9 Å². The van der Waals surface area contributed by atoms with E-state index in [-0.39, 0.29) is 17.2 Å². The highest BCUT2D eigenvalue weighted by molar-refractivity contribution is 5.96. The topological polar surface area (TPSA) is 63.8 Å². The van der Waals surface area contributed by atoms with Gasteiger partial charge in [0.05, 0.1) is 18.0 Å². The van der Waals surface area contributed by atoms with Gasteiger partial charge in [-0.25, -0.2) is 4.39 Å². The summed E-state index contributed by atoms with van der Waals surface area (Å²) >= 11 is 0. The lowest BCUT2D eigenvalue weighted by Gasteiger charge is -2.57. The minimum Gasteiger partial charge on any atom is -0.481 e. The Bertz CT molecular complexity index is 1350. The molecule has 2 aromatic carbocycles. The average molecular weight is 473 g/mol. The first-order chi connectivity index (χ1) is 17.0. The van der Waals surface area contributed by atoms with Crippen molar-refractivity contribution in [1.29, 1.82) is 0 Å². The molecule has 0 atom stereocenters. The van der Waals surface area contributed by atoms with E-state index in [1.54, 1.807) is 12.1 Å². The van der Waals surface area contributed by atoms with Gasteiger partial charge in [-0.15, -0.1) is 0 Å². The first kappa shape index (κ1) is 21.3. The summed E-state index contributed by atoms with van der Waals surface area (Å²) < 4.78 is 22.0. The van der Waals surface area contributed by atoms with Crippen LogP contribution >= 0.6 is 0 Å². The summed E-state index contributed by atoms with van der Waals surface area (Å²) in [7, 11) is 0. The molecule has 1 N–H and O–H groups in total. The molecule has 0 unspecified atom stereocenters. The molecule has 2 saturated carbocycles. The first-order valence-electron chi connectivity index (χ1n) is 12.8. The van der Waals surface area contributed by atoms with E-state index in [9.17, 15) is 14.3 Å². The van der Waals surface area contributed by atoms with Crippen LogP contribution in [0.4, 0.5) is 4.39 Å². The monoisotopic (exact) mass is 472 g/mol. The van der Waals surface area contributed by atoms with E-state index in [2.05, 4.69) is 21.7 Å². The molecule has 1 saturated heterocycles. The van der Waals surface area contributed by atoms with Crippen molar-refractivity contribution < 1.29 is 19.0 Å². The molecule has 5 nitrogen and oxygen atoms in total. The van der Waals surface area contributed by atoms with Crippen LogP contribution in [0.25, 0.3) is 16.6 Å². The maximum absolute atomic E-state index is 13.9. The number of hydrogen-bond donors (Lipinski definition) is 1. The number of aliphatic imine (C=N–C) groups is 1. The highest BCUT2D eigenvalue weighted by atomic mass is 19.1. The first-order valence-corrected chi connectivity index (χ1v) is 12.8. The number of ether oxygens (including phenoxy) is 1. The highest BCUT2D eigenvalue weighted by Gasteiger charge is 2.56. The summed E-state index contributed by atoms with van der Waals surface area (Å²) in [5, 5.41) is 10.7. The number of aromatic nitrogens is 1. The van der Waals surface area contributed by atoms with Gasteiger partial charge in [0.2, 0.25) is 0 Å². The predicted molar refractivity (Wildman–Crippen MR) is 132 cm³/mol. The molecule has 0 amide bonds. The number of halogens is 1. The number of hydrogen-bond acceptors (Lipinski definition) is 3. The molecule has 1 spiro atoms. The highest BCUT2D eigenvalue weighted by Crippen LogP contribution is 2.65. The van der Waals surface area contributed by atoms with E-state index in [1.807, 2.05) is 18.3 Å². The Hall–Kier alpha value is -2.99. The molecule has 7 rings (SSSR count). The van der Waals surface area contributed by atoms with Gasteiger partial charge in [-0.05, 0) is 103 Å². The van der Waals surface area contributed by atoms with E-state index < -0.39 is 5.97 Å². The maximum atomic E-state index is 13.9. The minimum absolute atomic E-state index is 0.174. The summed E-state index contributed by atoms with van der Waals surface area (Å²) in [5.41, 5.74) is 7.56. The number of benzene rings is 2. The van der Waals surface area contributed by atoms with Gasteiger partial charge in [0.1, 0.15) is 5.82 Å². The van der Waals surface area contributed by atoms with Crippen molar-refractivity contribution in [3.05, 3.63) is 64.6 Å². The molecule has 3 heterocycles. The number of carboxylic acids is 1. The van der Waals surface area contributed by atoms with Crippen molar-refractivity contribution in [2.24, 2.45) is 16.3 Å². The lowest BCUT2D eigenvalue weighted by Crippen LogP contribution is -2.49. The van der Waals surface area contributed by atoms with Gasteiger partial charge in [0, 0.05) is 42.1 Å². The Kier molecular flexibility index (Phi) is 4.72. The van der Waals surface area contributed by atoms with Crippen molar-refractivity contribution in [3.63, 3.8) is 0 Å². The second-order valence-corrected chi connectivity index (χ2v) is 11.1. The Morgan fingerprint density at radius 2 is 1.80 bits per heavy atom. The van der Waals surface area contributed by atoms with Gasteiger partial charge in [0.25, 0.3) is 0 Å². The molecule has 2 aliphatic carbocycles. The van der Waals surface area contributed by atoms with E-state index in [1.165, 1.54) is 22.2 Å². The number of rotatable bonds is 4. The smallest absolute Gasteiger partial charge is 0.306 e. The summed E-state index contributed by atoms with van der Waals surface area (Å²) in [6.07, 6.45) is 7.65. The molecular formula is C29H29FN2O3. The number of nitrogens with zero attached hydrogens (tertiary/aromatic N) is 2. The van der Waals surface area contributed by atoms with E-state index in [0.29, 0.717) is 18.4 Å². The van der Waals surface area contributed by atoms with Gasteiger partial charge in [-0.1, -0.05) is 0 Å². The Morgan fingerprint density at radius 3 is 2.51 bits per heavy atom. The molecule has 3 fully saturated rings. The van der Waals surface area contributed by atoms with Gasteiger partial charge >= 0.3 is 5.97 Å². The molecule has 4 aliphatic rings. The van der Waals surface area contributed by atoms with Crippen LogP contribution in [0, 0.1) is 17.2 Å². The summed E-state index contributed by atoms with van der Waals surface area (Å²) in [6, 6.07) is 11.4. The van der Waals surface area contributed by atoms with Gasteiger partial charge in [-0.2, -0.15) is 0 Å². The fraction of sp³-hybridized carbons (Fsp3) is 0.448.